The lowest BCUT2D eigenvalue weighted by Crippen LogP contribution is -2.25. The van der Waals surface area contributed by atoms with Crippen molar-refractivity contribution in [2.24, 2.45) is 0 Å². The number of rotatable bonds is 3. The number of alkyl halides is 1. The number of carbonyl (C=O) groups excluding carboxylic acids is 1. The summed E-state index contributed by atoms with van der Waals surface area (Å²) in [6.07, 6.45) is 6.12. The third kappa shape index (κ3) is 2.73. The zero-order chi connectivity index (χ0) is 12.3. The maximum Gasteiger partial charge on any atom is 0.189 e. The second-order valence-electron chi connectivity index (χ2n) is 3.91. The third-order valence-electron chi connectivity index (χ3n) is 2.74. The molecular formula is C14H13BrO2. The molecule has 0 saturated carbocycles. The number of hydrogen-bond acceptors (Lipinski definition) is 2. The lowest BCUT2D eigenvalue weighted by Gasteiger charge is -2.25. The molecule has 1 aromatic carbocycles. The smallest absolute Gasteiger partial charge is 0.189 e. The molecule has 1 atom stereocenters. The lowest BCUT2D eigenvalue weighted by molar-refractivity contribution is 0.0964. The zero-order valence-electron chi connectivity index (χ0n) is 9.52. The molecule has 0 aromatic heterocycles. The maximum absolute atomic E-state index is 12.2. The zero-order valence-corrected chi connectivity index (χ0v) is 11.1. The summed E-state index contributed by atoms with van der Waals surface area (Å²) in [6.45, 7) is 0. The van der Waals surface area contributed by atoms with E-state index in [1.165, 1.54) is 0 Å². The fourth-order valence-corrected chi connectivity index (χ4v) is 2.21. The quantitative estimate of drug-likeness (QED) is 0.630. The van der Waals surface area contributed by atoms with Crippen LogP contribution in [0.25, 0.3) is 0 Å². The van der Waals surface area contributed by atoms with Crippen molar-refractivity contribution in [3.63, 3.8) is 0 Å². The minimum Gasteiger partial charge on any atom is -0.363 e. The average molecular weight is 293 g/mol. The van der Waals surface area contributed by atoms with Crippen molar-refractivity contribution in [3.8, 4) is 0 Å². The van der Waals surface area contributed by atoms with Gasteiger partial charge in [-0.25, -0.2) is 0 Å². The van der Waals surface area contributed by atoms with Gasteiger partial charge in [-0.2, -0.15) is 0 Å². The molecule has 0 fully saturated rings. The highest BCUT2D eigenvalue weighted by Crippen LogP contribution is 2.33. The summed E-state index contributed by atoms with van der Waals surface area (Å²) in [5.74, 6) is 0.0517. The molecule has 2 rings (SSSR count). The first-order valence-electron chi connectivity index (χ1n) is 5.37. The van der Waals surface area contributed by atoms with E-state index in [-0.39, 0.29) is 5.78 Å². The van der Waals surface area contributed by atoms with Gasteiger partial charge in [-0.15, -0.1) is 0 Å². The first-order chi connectivity index (χ1) is 8.14. The molecule has 2 nitrogen and oxygen atoms in total. The number of carbonyl (C=O) groups is 1. The molecule has 1 aliphatic rings. The first-order valence-corrected chi connectivity index (χ1v) is 6.16. The minimum atomic E-state index is -0.554. The van der Waals surface area contributed by atoms with Gasteiger partial charge in [-0.3, -0.25) is 4.79 Å². The van der Waals surface area contributed by atoms with E-state index in [2.05, 4.69) is 15.9 Å². The first kappa shape index (κ1) is 12.3. The molecule has 0 heterocycles. The molecule has 0 saturated heterocycles. The summed E-state index contributed by atoms with van der Waals surface area (Å²) in [5.41, 5.74) is 1.46. The Morgan fingerprint density at radius 2 is 2.06 bits per heavy atom. The van der Waals surface area contributed by atoms with Gasteiger partial charge in [0.2, 0.25) is 0 Å². The van der Waals surface area contributed by atoms with E-state index in [1.807, 2.05) is 48.6 Å². The second-order valence-corrected chi connectivity index (χ2v) is 5.26. The van der Waals surface area contributed by atoms with Gasteiger partial charge in [0.05, 0.1) is 0 Å². The highest BCUT2D eigenvalue weighted by atomic mass is 79.9. The van der Waals surface area contributed by atoms with E-state index < -0.39 is 4.51 Å². The van der Waals surface area contributed by atoms with Crippen molar-refractivity contribution in [2.75, 3.05) is 7.11 Å². The fourth-order valence-electron chi connectivity index (χ4n) is 1.76. The molecule has 0 spiro atoms. The third-order valence-corrected chi connectivity index (χ3v) is 3.61. The summed E-state index contributed by atoms with van der Waals surface area (Å²) >= 11 is 3.47. The van der Waals surface area contributed by atoms with Crippen LogP contribution in [-0.2, 0) is 4.74 Å². The molecule has 0 amide bonds. The van der Waals surface area contributed by atoms with E-state index in [4.69, 9.17) is 4.74 Å². The largest absolute Gasteiger partial charge is 0.363 e. The minimum absolute atomic E-state index is 0.0517. The molecule has 3 heteroatoms. The molecule has 0 aliphatic heterocycles. The summed E-state index contributed by atoms with van der Waals surface area (Å²) in [7, 11) is 1.62. The van der Waals surface area contributed by atoms with Crippen molar-refractivity contribution in [2.45, 2.75) is 10.9 Å². The van der Waals surface area contributed by atoms with Gasteiger partial charge in [-0.05, 0) is 22.0 Å². The van der Waals surface area contributed by atoms with Crippen LogP contribution in [0.1, 0.15) is 16.8 Å². The van der Waals surface area contributed by atoms with Crippen LogP contribution in [0, 0.1) is 0 Å². The number of Topliss-reactive ketones (excluding diaryl/α,β-unsaturated/α-hetero) is 1. The number of halogens is 1. The van der Waals surface area contributed by atoms with Crippen molar-refractivity contribution in [3.05, 3.63) is 59.7 Å². The van der Waals surface area contributed by atoms with Gasteiger partial charge in [0.25, 0.3) is 0 Å². The topological polar surface area (TPSA) is 26.3 Å². The second kappa shape index (κ2) is 4.98. The van der Waals surface area contributed by atoms with E-state index in [1.54, 1.807) is 7.11 Å². The van der Waals surface area contributed by atoms with Crippen LogP contribution in [0.5, 0.6) is 0 Å². The van der Waals surface area contributed by atoms with Crippen molar-refractivity contribution < 1.29 is 9.53 Å². The Hall–Kier alpha value is -1.19. The van der Waals surface area contributed by atoms with Crippen LogP contribution in [0.3, 0.4) is 0 Å². The summed E-state index contributed by atoms with van der Waals surface area (Å²) in [6, 6.07) is 9.28. The number of methoxy groups -OCH3 is 1. The molecule has 88 valence electrons. The average Bonchev–Trinajstić information content (AvgIpc) is 2.39. The van der Waals surface area contributed by atoms with Crippen LogP contribution < -0.4 is 0 Å². The molecule has 1 aliphatic carbocycles. The van der Waals surface area contributed by atoms with Crippen LogP contribution in [0.4, 0.5) is 0 Å². The number of ketones is 1. The Morgan fingerprint density at radius 3 is 2.71 bits per heavy atom. The standard InChI is InChI=1S/C14H13BrO2/c1-17-14(15)9-5-8-12(10-14)13(16)11-6-3-2-4-7-11/h2-9H,10H2,1H3. The van der Waals surface area contributed by atoms with Gasteiger partial charge in [0.1, 0.15) is 4.51 Å². The van der Waals surface area contributed by atoms with Crippen LogP contribution in [-0.4, -0.2) is 17.4 Å². The number of ether oxygens (including phenoxy) is 1. The van der Waals surface area contributed by atoms with Gasteiger partial charge in [-0.1, -0.05) is 42.5 Å². The van der Waals surface area contributed by atoms with Crippen molar-refractivity contribution in [1.82, 2.24) is 0 Å². The number of benzene rings is 1. The highest BCUT2D eigenvalue weighted by Gasteiger charge is 2.29. The molecule has 0 bridgehead atoms. The van der Waals surface area contributed by atoms with E-state index in [0.717, 1.165) is 5.57 Å². The lowest BCUT2D eigenvalue weighted by atomic mass is 9.95. The van der Waals surface area contributed by atoms with Crippen LogP contribution >= 0.6 is 15.9 Å². The Bertz CT molecular complexity index is 476. The predicted octanol–water partition coefficient (Wildman–Crippen LogP) is 3.49. The summed E-state index contributed by atoms with van der Waals surface area (Å²) in [4.78, 5) is 12.2. The molecule has 0 N–H and O–H groups in total. The van der Waals surface area contributed by atoms with Gasteiger partial charge >= 0.3 is 0 Å². The molecule has 1 aromatic rings. The van der Waals surface area contributed by atoms with Crippen molar-refractivity contribution >= 4 is 21.7 Å². The SMILES string of the molecule is COC1(Br)C=CC=C(C(=O)c2ccccc2)C1. The van der Waals surface area contributed by atoms with Crippen molar-refractivity contribution in [1.29, 1.82) is 0 Å². The Balaban J connectivity index is 2.23. The Labute approximate surface area is 109 Å². The van der Waals surface area contributed by atoms with E-state index in [9.17, 15) is 4.79 Å². The molecule has 1 unspecified atom stereocenters. The Morgan fingerprint density at radius 1 is 1.35 bits per heavy atom. The van der Waals surface area contributed by atoms with Gasteiger partial charge < -0.3 is 4.74 Å². The number of hydrogen-bond donors (Lipinski definition) is 0. The summed E-state index contributed by atoms with van der Waals surface area (Å²) in [5, 5.41) is 0. The van der Waals surface area contributed by atoms with Gasteiger partial charge in [0.15, 0.2) is 5.78 Å². The van der Waals surface area contributed by atoms with Crippen LogP contribution in [0.2, 0.25) is 0 Å². The van der Waals surface area contributed by atoms with E-state index in [0.29, 0.717) is 12.0 Å². The van der Waals surface area contributed by atoms with Gasteiger partial charge in [0, 0.05) is 24.7 Å². The van der Waals surface area contributed by atoms with Crippen LogP contribution in [0.15, 0.2) is 54.1 Å². The Kier molecular flexibility index (Phi) is 3.60. The fraction of sp³-hybridized carbons (Fsp3) is 0.214. The normalized spacial score (nSPS) is 23.3. The molecule has 17 heavy (non-hydrogen) atoms. The summed E-state index contributed by atoms with van der Waals surface area (Å²) < 4.78 is 4.78. The highest BCUT2D eigenvalue weighted by molar-refractivity contribution is 9.10. The molecular weight excluding hydrogens is 280 g/mol. The predicted molar refractivity (Wildman–Crippen MR) is 71.3 cm³/mol. The monoisotopic (exact) mass is 292 g/mol. The number of allylic oxidation sites excluding steroid dienone is 2. The van der Waals surface area contributed by atoms with E-state index >= 15 is 0 Å². The maximum atomic E-state index is 12.2. The molecule has 0 radical (unpaired) electrons.